The van der Waals surface area contributed by atoms with Gasteiger partial charge in [-0.2, -0.15) is 0 Å². The third-order valence-electron chi connectivity index (χ3n) is 3.15. The standard InChI is InChI=1S/C16H21N3O4S/c1-2-24-15-8-13(23-19-15)9-17-14(20)10-18-16(21)22-11-12-6-4-3-5-7-12/h3-7,13H,2,8-11H2,1H3,(H,17,20)(H,18,21). The Morgan fingerprint density at radius 1 is 1.33 bits per heavy atom. The van der Waals surface area contributed by atoms with Crippen molar-refractivity contribution in [2.24, 2.45) is 5.16 Å². The number of carbonyl (C=O) groups is 2. The molecule has 1 heterocycles. The van der Waals surface area contributed by atoms with E-state index >= 15 is 0 Å². The predicted molar refractivity (Wildman–Crippen MR) is 92.7 cm³/mol. The predicted octanol–water partition coefficient (Wildman–Crippen LogP) is 1.88. The van der Waals surface area contributed by atoms with Gasteiger partial charge in [0.2, 0.25) is 5.91 Å². The summed E-state index contributed by atoms with van der Waals surface area (Å²) in [6, 6.07) is 9.33. The van der Waals surface area contributed by atoms with Crippen molar-refractivity contribution in [3.05, 3.63) is 35.9 Å². The lowest BCUT2D eigenvalue weighted by Crippen LogP contribution is -2.40. The molecule has 0 spiro atoms. The number of oxime groups is 1. The molecule has 0 saturated carbocycles. The average molecular weight is 351 g/mol. The van der Waals surface area contributed by atoms with E-state index in [0.29, 0.717) is 13.0 Å². The van der Waals surface area contributed by atoms with Crippen LogP contribution < -0.4 is 10.6 Å². The minimum Gasteiger partial charge on any atom is -0.445 e. The molecule has 0 fully saturated rings. The van der Waals surface area contributed by atoms with E-state index in [4.69, 9.17) is 9.57 Å². The molecule has 2 N–H and O–H groups in total. The monoisotopic (exact) mass is 351 g/mol. The normalized spacial score (nSPS) is 16.0. The van der Waals surface area contributed by atoms with Crippen LogP contribution in [0.2, 0.25) is 0 Å². The van der Waals surface area contributed by atoms with Crippen LogP contribution in [0.5, 0.6) is 0 Å². The third-order valence-corrected chi connectivity index (χ3v) is 4.01. The summed E-state index contributed by atoms with van der Waals surface area (Å²) in [6.07, 6.45) is -0.0742. The Bertz CT molecular complexity index is 580. The maximum Gasteiger partial charge on any atom is 0.407 e. The van der Waals surface area contributed by atoms with E-state index in [9.17, 15) is 9.59 Å². The van der Waals surface area contributed by atoms with E-state index < -0.39 is 6.09 Å². The zero-order valence-electron chi connectivity index (χ0n) is 13.5. The van der Waals surface area contributed by atoms with Crippen LogP contribution in [0.4, 0.5) is 4.79 Å². The highest BCUT2D eigenvalue weighted by Gasteiger charge is 2.21. The van der Waals surface area contributed by atoms with E-state index in [2.05, 4.69) is 15.8 Å². The molecule has 0 saturated heterocycles. The maximum atomic E-state index is 11.7. The Kier molecular flexibility index (Phi) is 7.41. The number of nitrogens with one attached hydrogen (secondary N) is 2. The highest BCUT2D eigenvalue weighted by molar-refractivity contribution is 8.13. The molecule has 2 rings (SSSR count). The fourth-order valence-corrected chi connectivity index (χ4v) is 2.71. The second-order valence-corrected chi connectivity index (χ2v) is 6.41. The van der Waals surface area contributed by atoms with Crippen LogP contribution in [0.15, 0.2) is 35.5 Å². The first-order valence-corrected chi connectivity index (χ1v) is 8.72. The van der Waals surface area contributed by atoms with Crippen molar-refractivity contribution < 1.29 is 19.2 Å². The van der Waals surface area contributed by atoms with E-state index in [1.54, 1.807) is 11.8 Å². The van der Waals surface area contributed by atoms with Gasteiger partial charge in [0, 0.05) is 6.42 Å². The molecule has 130 valence electrons. The Balaban J connectivity index is 1.55. The number of benzene rings is 1. The van der Waals surface area contributed by atoms with Gasteiger partial charge in [0.15, 0.2) is 6.10 Å². The Morgan fingerprint density at radius 3 is 2.88 bits per heavy atom. The van der Waals surface area contributed by atoms with Gasteiger partial charge in [0.1, 0.15) is 11.7 Å². The zero-order valence-corrected chi connectivity index (χ0v) is 14.3. The van der Waals surface area contributed by atoms with Crippen molar-refractivity contribution in [3.8, 4) is 0 Å². The topological polar surface area (TPSA) is 89.0 Å². The van der Waals surface area contributed by atoms with E-state index in [0.717, 1.165) is 16.4 Å². The summed E-state index contributed by atoms with van der Waals surface area (Å²) >= 11 is 1.63. The molecular formula is C16H21N3O4S. The number of alkyl carbamates (subject to hydrolysis) is 1. The van der Waals surface area contributed by atoms with Gasteiger partial charge < -0.3 is 20.2 Å². The first kappa shape index (κ1) is 18.1. The van der Waals surface area contributed by atoms with Crippen LogP contribution in [0.3, 0.4) is 0 Å². The minimum absolute atomic E-state index is 0.141. The van der Waals surface area contributed by atoms with Crippen molar-refractivity contribution in [3.63, 3.8) is 0 Å². The molecule has 24 heavy (non-hydrogen) atoms. The van der Waals surface area contributed by atoms with Gasteiger partial charge in [-0.25, -0.2) is 4.79 Å². The molecule has 1 aromatic rings. The van der Waals surface area contributed by atoms with Gasteiger partial charge >= 0.3 is 6.09 Å². The molecule has 1 atom stereocenters. The summed E-state index contributed by atoms with van der Waals surface area (Å²) in [5.41, 5.74) is 0.885. The molecule has 0 radical (unpaired) electrons. The van der Waals surface area contributed by atoms with Crippen molar-refractivity contribution in [1.29, 1.82) is 0 Å². The lowest BCUT2D eigenvalue weighted by Gasteiger charge is -2.10. The van der Waals surface area contributed by atoms with E-state index in [1.165, 1.54) is 0 Å². The number of hydrogen-bond donors (Lipinski definition) is 2. The third kappa shape index (κ3) is 6.49. The van der Waals surface area contributed by atoms with Gasteiger partial charge in [-0.1, -0.05) is 42.4 Å². The van der Waals surface area contributed by atoms with Crippen molar-refractivity contribution in [2.75, 3.05) is 18.8 Å². The molecule has 1 aromatic carbocycles. The minimum atomic E-state index is -0.629. The molecule has 2 amide bonds. The van der Waals surface area contributed by atoms with Gasteiger partial charge in [-0.15, -0.1) is 11.8 Å². The first-order valence-electron chi connectivity index (χ1n) is 7.74. The lowest BCUT2D eigenvalue weighted by atomic mass is 10.2. The van der Waals surface area contributed by atoms with E-state index in [-0.39, 0.29) is 25.2 Å². The van der Waals surface area contributed by atoms with Crippen LogP contribution in [0, 0.1) is 0 Å². The number of rotatable bonds is 7. The fourth-order valence-electron chi connectivity index (χ4n) is 1.98. The summed E-state index contributed by atoms with van der Waals surface area (Å²) in [5, 5.41) is 10.0. The number of hydrogen-bond acceptors (Lipinski definition) is 6. The lowest BCUT2D eigenvalue weighted by molar-refractivity contribution is -0.120. The Labute approximate surface area is 145 Å². The van der Waals surface area contributed by atoms with Crippen LogP contribution in [0.25, 0.3) is 0 Å². The number of ether oxygens (including phenoxy) is 1. The summed E-state index contributed by atoms with van der Waals surface area (Å²) in [5.74, 6) is 0.642. The highest BCUT2D eigenvalue weighted by atomic mass is 32.2. The van der Waals surface area contributed by atoms with Gasteiger partial charge in [0.05, 0.1) is 13.1 Å². The van der Waals surface area contributed by atoms with Crippen LogP contribution >= 0.6 is 11.8 Å². The fraction of sp³-hybridized carbons (Fsp3) is 0.438. The average Bonchev–Trinajstić information content (AvgIpc) is 3.05. The smallest absolute Gasteiger partial charge is 0.407 e. The zero-order chi connectivity index (χ0) is 17.2. The van der Waals surface area contributed by atoms with Crippen molar-refractivity contribution in [2.45, 2.75) is 26.1 Å². The summed E-state index contributed by atoms with van der Waals surface area (Å²) in [4.78, 5) is 28.5. The molecule has 1 unspecified atom stereocenters. The number of carbonyl (C=O) groups excluding carboxylic acids is 2. The summed E-state index contributed by atoms with van der Waals surface area (Å²) in [7, 11) is 0. The quantitative estimate of drug-likeness (QED) is 0.783. The van der Waals surface area contributed by atoms with E-state index in [1.807, 2.05) is 37.3 Å². The summed E-state index contributed by atoms with van der Waals surface area (Å²) < 4.78 is 5.02. The first-order chi connectivity index (χ1) is 11.7. The molecule has 0 aromatic heterocycles. The molecular weight excluding hydrogens is 330 g/mol. The molecule has 8 heteroatoms. The highest BCUT2D eigenvalue weighted by Crippen LogP contribution is 2.18. The molecule has 0 aliphatic carbocycles. The van der Waals surface area contributed by atoms with Crippen LogP contribution in [-0.4, -0.2) is 42.0 Å². The largest absolute Gasteiger partial charge is 0.445 e. The number of nitrogens with zero attached hydrogens (tertiary/aromatic N) is 1. The SMILES string of the molecule is CCSC1=NOC(CNC(=O)CNC(=O)OCc2ccccc2)C1. The van der Waals surface area contributed by atoms with Crippen LogP contribution in [0.1, 0.15) is 18.9 Å². The van der Waals surface area contributed by atoms with Gasteiger partial charge in [0.25, 0.3) is 0 Å². The van der Waals surface area contributed by atoms with Crippen LogP contribution in [-0.2, 0) is 21.0 Å². The second-order valence-electron chi connectivity index (χ2n) is 5.07. The van der Waals surface area contributed by atoms with Gasteiger partial charge in [-0.3, -0.25) is 4.79 Å². The van der Waals surface area contributed by atoms with Crippen molar-refractivity contribution in [1.82, 2.24) is 10.6 Å². The molecule has 7 nitrogen and oxygen atoms in total. The van der Waals surface area contributed by atoms with Gasteiger partial charge in [-0.05, 0) is 11.3 Å². The number of amides is 2. The van der Waals surface area contributed by atoms with Crippen molar-refractivity contribution >= 4 is 28.8 Å². The Hall–Kier alpha value is -2.22. The molecule has 1 aliphatic rings. The Morgan fingerprint density at radius 2 is 2.12 bits per heavy atom. The summed E-state index contributed by atoms with van der Waals surface area (Å²) in [6.45, 7) is 2.43. The second kappa shape index (κ2) is 9.82. The molecule has 1 aliphatic heterocycles. The molecule has 0 bridgehead atoms. The number of thioether (sulfide) groups is 1. The maximum absolute atomic E-state index is 11.7.